The van der Waals surface area contributed by atoms with E-state index in [4.69, 9.17) is 9.84 Å². The minimum absolute atomic E-state index is 0.0124. The minimum atomic E-state index is -0.967. The van der Waals surface area contributed by atoms with Crippen molar-refractivity contribution in [3.05, 3.63) is 39.9 Å². The molecule has 0 aromatic heterocycles. The van der Waals surface area contributed by atoms with Crippen molar-refractivity contribution in [1.82, 2.24) is 4.90 Å². The molecule has 1 aromatic rings. The lowest BCUT2D eigenvalue weighted by Crippen LogP contribution is -2.46. The van der Waals surface area contributed by atoms with Crippen LogP contribution in [0.1, 0.15) is 18.5 Å². The molecule has 0 spiro atoms. The Bertz CT molecular complexity index is 502. The molecule has 2 atom stereocenters. The lowest BCUT2D eigenvalue weighted by molar-refractivity contribution is -0.384. The number of carboxylic acids is 1. The van der Waals surface area contributed by atoms with Gasteiger partial charge in [-0.1, -0.05) is 12.1 Å². The Labute approximate surface area is 115 Å². The van der Waals surface area contributed by atoms with Crippen LogP contribution in [0.15, 0.2) is 24.3 Å². The summed E-state index contributed by atoms with van der Waals surface area (Å²) in [5.74, 6) is -0.967. The Balaban J connectivity index is 2.08. The van der Waals surface area contributed by atoms with Gasteiger partial charge in [-0.25, -0.2) is 4.79 Å². The summed E-state index contributed by atoms with van der Waals surface area (Å²) in [4.78, 5) is 23.1. The van der Waals surface area contributed by atoms with Crippen LogP contribution in [0, 0.1) is 10.1 Å². The maximum absolute atomic E-state index is 11.0. The zero-order chi connectivity index (χ0) is 14.7. The van der Waals surface area contributed by atoms with E-state index in [1.807, 2.05) is 11.8 Å². The van der Waals surface area contributed by atoms with Crippen LogP contribution >= 0.6 is 0 Å². The number of non-ortho nitro benzene ring substituents is 1. The van der Waals surface area contributed by atoms with Gasteiger partial charge in [0.2, 0.25) is 0 Å². The SMILES string of the molecule is CC(c1ccc([N+](=O)[O-])cc1)N1CCOC(C(=O)O)C1. The summed E-state index contributed by atoms with van der Waals surface area (Å²) in [6, 6.07) is 6.31. The number of nitro benzene ring substituents is 1. The van der Waals surface area contributed by atoms with Gasteiger partial charge in [-0.05, 0) is 12.5 Å². The third kappa shape index (κ3) is 3.12. The molecule has 1 aromatic carbocycles. The predicted octanol–water partition coefficient (Wildman–Crippen LogP) is 1.44. The molecule has 1 aliphatic heterocycles. The molecule has 7 nitrogen and oxygen atoms in total. The Hall–Kier alpha value is -1.99. The van der Waals surface area contributed by atoms with Crippen molar-refractivity contribution in [2.45, 2.75) is 19.1 Å². The van der Waals surface area contributed by atoms with Gasteiger partial charge in [0, 0.05) is 31.3 Å². The van der Waals surface area contributed by atoms with Crippen LogP contribution in [0.2, 0.25) is 0 Å². The van der Waals surface area contributed by atoms with Crippen LogP contribution in [0.5, 0.6) is 0 Å². The molecule has 1 N–H and O–H groups in total. The molecule has 7 heteroatoms. The standard InChI is InChI=1S/C13H16N2O5/c1-9(10-2-4-11(5-3-10)15(18)19)14-6-7-20-12(8-14)13(16)17/h2-5,9,12H,6-8H2,1H3,(H,16,17). The van der Waals surface area contributed by atoms with Gasteiger partial charge in [0.05, 0.1) is 11.5 Å². The van der Waals surface area contributed by atoms with Gasteiger partial charge in [-0.3, -0.25) is 15.0 Å². The smallest absolute Gasteiger partial charge is 0.334 e. The van der Waals surface area contributed by atoms with E-state index < -0.39 is 17.0 Å². The third-order valence-corrected chi connectivity index (χ3v) is 3.51. The van der Waals surface area contributed by atoms with Crippen LogP contribution in [0.25, 0.3) is 0 Å². The van der Waals surface area contributed by atoms with E-state index >= 15 is 0 Å². The Morgan fingerprint density at radius 2 is 2.15 bits per heavy atom. The first kappa shape index (κ1) is 14.4. The number of nitro groups is 1. The van der Waals surface area contributed by atoms with Gasteiger partial charge in [0.25, 0.3) is 5.69 Å². The first-order valence-electron chi connectivity index (χ1n) is 6.32. The van der Waals surface area contributed by atoms with Crippen molar-refractivity contribution in [2.75, 3.05) is 19.7 Å². The molecule has 2 unspecified atom stereocenters. The zero-order valence-electron chi connectivity index (χ0n) is 11.1. The van der Waals surface area contributed by atoms with Gasteiger partial charge in [0.15, 0.2) is 6.10 Å². The molecule has 1 aliphatic rings. The number of nitrogens with zero attached hydrogens (tertiary/aromatic N) is 2. The highest BCUT2D eigenvalue weighted by Crippen LogP contribution is 2.24. The lowest BCUT2D eigenvalue weighted by Gasteiger charge is -2.35. The van der Waals surface area contributed by atoms with E-state index in [0.29, 0.717) is 19.7 Å². The molecule has 0 amide bonds. The second-order valence-corrected chi connectivity index (χ2v) is 4.72. The summed E-state index contributed by atoms with van der Waals surface area (Å²) in [6.45, 7) is 3.27. The van der Waals surface area contributed by atoms with Gasteiger partial charge in [0.1, 0.15) is 0 Å². The molecule has 20 heavy (non-hydrogen) atoms. The predicted molar refractivity (Wildman–Crippen MR) is 70.5 cm³/mol. The van der Waals surface area contributed by atoms with Gasteiger partial charge >= 0.3 is 5.97 Å². The van der Waals surface area contributed by atoms with Crippen molar-refractivity contribution in [1.29, 1.82) is 0 Å². The van der Waals surface area contributed by atoms with Crippen molar-refractivity contribution in [3.63, 3.8) is 0 Å². The summed E-state index contributed by atoms with van der Waals surface area (Å²) in [7, 11) is 0. The largest absolute Gasteiger partial charge is 0.479 e. The lowest BCUT2D eigenvalue weighted by atomic mass is 10.1. The maximum atomic E-state index is 11.0. The van der Waals surface area contributed by atoms with E-state index in [2.05, 4.69) is 0 Å². The molecule has 2 rings (SSSR count). The minimum Gasteiger partial charge on any atom is -0.479 e. The molecule has 0 bridgehead atoms. The second-order valence-electron chi connectivity index (χ2n) is 4.72. The first-order valence-corrected chi connectivity index (χ1v) is 6.32. The van der Waals surface area contributed by atoms with Gasteiger partial charge < -0.3 is 9.84 Å². The average Bonchev–Trinajstić information content (AvgIpc) is 2.46. The fourth-order valence-corrected chi connectivity index (χ4v) is 2.26. The summed E-state index contributed by atoms with van der Waals surface area (Å²) < 4.78 is 5.18. The number of morpholine rings is 1. The fraction of sp³-hybridized carbons (Fsp3) is 0.462. The monoisotopic (exact) mass is 280 g/mol. The van der Waals surface area contributed by atoms with Crippen LogP contribution in [-0.2, 0) is 9.53 Å². The van der Waals surface area contributed by atoms with Crippen LogP contribution in [0.3, 0.4) is 0 Å². The number of rotatable bonds is 4. The molecule has 1 saturated heterocycles. The first-order chi connectivity index (χ1) is 9.49. The summed E-state index contributed by atoms with van der Waals surface area (Å²) in [5.41, 5.74) is 0.966. The summed E-state index contributed by atoms with van der Waals surface area (Å²) in [6.07, 6.45) is -0.816. The number of carboxylic acid groups (broad SMARTS) is 1. The Kier molecular flexibility index (Phi) is 4.31. The maximum Gasteiger partial charge on any atom is 0.334 e. The molecule has 1 heterocycles. The third-order valence-electron chi connectivity index (χ3n) is 3.51. The number of aliphatic carboxylic acids is 1. The number of hydrogen-bond donors (Lipinski definition) is 1. The molecule has 0 radical (unpaired) electrons. The Morgan fingerprint density at radius 1 is 1.50 bits per heavy atom. The number of hydrogen-bond acceptors (Lipinski definition) is 5. The summed E-state index contributed by atoms with van der Waals surface area (Å²) >= 11 is 0. The van der Waals surface area contributed by atoms with E-state index in [9.17, 15) is 14.9 Å². The second kappa shape index (κ2) is 5.98. The molecule has 0 aliphatic carbocycles. The molecular weight excluding hydrogens is 264 g/mol. The highest BCUT2D eigenvalue weighted by molar-refractivity contribution is 5.72. The van der Waals surface area contributed by atoms with Crippen molar-refractivity contribution in [3.8, 4) is 0 Å². The molecule has 0 saturated carbocycles. The van der Waals surface area contributed by atoms with Crippen molar-refractivity contribution < 1.29 is 19.6 Å². The highest BCUT2D eigenvalue weighted by atomic mass is 16.6. The van der Waals surface area contributed by atoms with E-state index in [1.165, 1.54) is 12.1 Å². The van der Waals surface area contributed by atoms with E-state index in [1.54, 1.807) is 12.1 Å². The van der Waals surface area contributed by atoms with E-state index in [0.717, 1.165) is 5.56 Å². The van der Waals surface area contributed by atoms with Crippen molar-refractivity contribution in [2.24, 2.45) is 0 Å². The number of ether oxygens (including phenoxy) is 1. The van der Waals surface area contributed by atoms with Crippen LogP contribution < -0.4 is 0 Å². The molecule has 108 valence electrons. The van der Waals surface area contributed by atoms with Gasteiger partial charge in [-0.2, -0.15) is 0 Å². The summed E-state index contributed by atoms with van der Waals surface area (Å²) in [5, 5.41) is 19.6. The molecule has 1 fully saturated rings. The zero-order valence-corrected chi connectivity index (χ0v) is 11.1. The topological polar surface area (TPSA) is 92.9 Å². The van der Waals surface area contributed by atoms with Crippen LogP contribution in [0.4, 0.5) is 5.69 Å². The van der Waals surface area contributed by atoms with Crippen molar-refractivity contribution >= 4 is 11.7 Å². The highest BCUT2D eigenvalue weighted by Gasteiger charge is 2.29. The normalized spacial score (nSPS) is 21.4. The fourth-order valence-electron chi connectivity index (χ4n) is 2.26. The Morgan fingerprint density at radius 3 is 2.70 bits per heavy atom. The van der Waals surface area contributed by atoms with Crippen LogP contribution in [-0.4, -0.2) is 46.7 Å². The average molecular weight is 280 g/mol. The van der Waals surface area contributed by atoms with Gasteiger partial charge in [-0.15, -0.1) is 0 Å². The molecular formula is C13H16N2O5. The van der Waals surface area contributed by atoms with E-state index in [-0.39, 0.29) is 11.7 Å². The number of carbonyl (C=O) groups is 1. The number of benzene rings is 1. The quantitative estimate of drug-likeness (QED) is 0.662.